The summed E-state index contributed by atoms with van der Waals surface area (Å²) < 4.78 is 68.7. The fraction of sp³-hybridized carbons (Fsp3) is 0.952. The summed E-state index contributed by atoms with van der Waals surface area (Å²) in [6.45, 7) is 9.67. The normalized spacial score (nSPS) is 14.1. The van der Waals surface area contributed by atoms with Gasteiger partial charge >= 0.3 is 39.5 Å². The molecule has 0 aromatic carbocycles. The third-order valence-corrected chi connectivity index (χ3v) is 21.7. The Morgan fingerprint density at radius 3 is 0.745 bits per heavy atom. The Labute approximate surface area is 626 Å². The molecule has 0 aromatic rings. The summed E-state index contributed by atoms with van der Waals surface area (Å²) >= 11 is 0. The maximum atomic E-state index is 13.1. The van der Waals surface area contributed by atoms with Crippen molar-refractivity contribution in [1.29, 1.82) is 0 Å². The summed E-state index contributed by atoms with van der Waals surface area (Å²) in [5.74, 6) is -0.507. The average Bonchev–Trinajstić information content (AvgIpc) is 0.914. The molecule has 0 bridgehead atoms. The number of phosphoric ester groups is 2. The molecular formula is C83H162O17P2. The Morgan fingerprint density at radius 2 is 0.500 bits per heavy atom. The van der Waals surface area contributed by atoms with Gasteiger partial charge < -0.3 is 33.8 Å². The van der Waals surface area contributed by atoms with Crippen LogP contribution in [-0.4, -0.2) is 96.7 Å². The number of phosphoric acid groups is 2. The van der Waals surface area contributed by atoms with E-state index in [-0.39, 0.29) is 25.7 Å². The van der Waals surface area contributed by atoms with Crippen LogP contribution in [0, 0.1) is 11.8 Å². The fourth-order valence-electron chi connectivity index (χ4n) is 12.9. The van der Waals surface area contributed by atoms with Crippen LogP contribution >= 0.6 is 15.6 Å². The van der Waals surface area contributed by atoms with Gasteiger partial charge in [0.2, 0.25) is 0 Å². The van der Waals surface area contributed by atoms with E-state index in [9.17, 15) is 43.2 Å². The van der Waals surface area contributed by atoms with Crippen LogP contribution in [0.4, 0.5) is 0 Å². The Bertz CT molecular complexity index is 1960. The maximum Gasteiger partial charge on any atom is 0.472 e. The van der Waals surface area contributed by atoms with E-state index in [0.717, 1.165) is 102 Å². The lowest BCUT2D eigenvalue weighted by Crippen LogP contribution is -2.30. The van der Waals surface area contributed by atoms with Crippen molar-refractivity contribution in [2.75, 3.05) is 39.6 Å². The van der Waals surface area contributed by atoms with Crippen molar-refractivity contribution in [3.63, 3.8) is 0 Å². The molecule has 0 saturated carbocycles. The molecule has 0 aliphatic heterocycles. The van der Waals surface area contributed by atoms with Gasteiger partial charge in [-0.3, -0.25) is 37.3 Å². The molecule has 0 spiro atoms. The molecule has 606 valence electrons. The Morgan fingerprint density at radius 1 is 0.284 bits per heavy atom. The minimum atomic E-state index is -4.96. The molecule has 0 amide bonds. The van der Waals surface area contributed by atoms with Crippen LogP contribution in [0.25, 0.3) is 0 Å². The standard InChI is InChI=1S/C83H162O17P2/c1-7-10-12-14-16-18-19-20-21-22-23-24-25-26-27-28-33-36-43-49-55-61-67-82(87)99-79(72-94-81(86)66-60-54-48-42-35-32-30-29-31-34-41-46-52-58-64-76(6)9-3)74-98-102(91,92)96-70-77(84)69-95-101(89,90)97-73-78(71-93-80(85)65-59-53-47-39-17-15-13-11-8-2)100-83(88)68-62-56-50-44-38-37-40-45-51-57-63-75(4)5/h75-79,84H,7-74H2,1-6H3,(H,89,90)(H,91,92)/t76?,77-,78+,79+/m0/s1. The molecule has 6 atom stereocenters. The van der Waals surface area contributed by atoms with Crippen molar-refractivity contribution in [2.24, 2.45) is 11.8 Å². The molecule has 102 heavy (non-hydrogen) atoms. The first-order valence-corrected chi connectivity index (χ1v) is 46.0. The van der Waals surface area contributed by atoms with Crippen molar-refractivity contribution >= 4 is 39.5 Å². The van der Waals surface area contributed by atoms with E-state index in [4.69, 9.17) is 37.0 Å². The number of rotatable bonds is 82. The van der Waals surface area contributed by atoms with E-state index >= 15 is 0 Å². The molecule has 0 heterocycles. The van der Waals surface area contributed by atoms with Crippen LogP contribution in [0.5, 0.6) is 0 Å². The van der Waals surface area contributed by atoms with Crippen molar-refractivity contribution < 1.29 is 80.2 Å². The van der Waals surface area contributed by atoms with E-state index < -0.39 is 97.5 Å². The number of carbonyl (C=O) groups is 4. The van der Waals surface area contributed by atoms with Crippen molar-refractivity contribution in [1.82, 2.24) is 0 Å². The summed E-state index contributed by atoms with van der Waals surface area (Å²) in [4.78, 5) is 73.0. The molecule has 17 nitrogen and oxygen atoms in total. The largest absolute Gasteiger partial charge is 0.472 e. The van der Waals surface area contributed by atoms with Crippen LogP contribution in [0.15, 0.2) is 0 Å². The predicted molar refractivity (Wildman–Crippen MR) is 418 cm³/mol. The maximum absolute atomic E-state index is 13.1. The first kappa shape index (κ1) is 100. The number of ether oxygens (including phenoxy) is 4. The number of hydrogen-bond acceptors (Lipinski definition) is 15. The van der Waals surface area contributed by atoms with Crippen molar-refractivity contribution in [2.45, 2.75) is 458 Å². The van der Waals surface area contributed by atoms with Gasteiger partial charge in [-0.05, 0) is 37.5 Å². The second kappa shape index (κ2) is 74.5. The smallest absolute Gasteiger partial charge is 0.462 e. The zero-order chi connectivity index (χ0) is 74.9. The van der Waals surface area contributed by atoms with Gasteiger partial charge in [-0.15, -0.1) is 0 Å². The fourth-order valence-corrected chi connectivity index (χ4v) is 14.4. The topological polar surface area (TPSA) is 237 Å². The Balaban J connectivity index is 5.20. The Kier molecular flexibility index (Phi) is 73.1. The van der Waals surface area contributed by atoms with Crippen LogP contribution in [0.2, 0.25) is 0 Å². The van der Waals surface area contributed by atoms with Crippen molar-refractivity contribution in [3.05, 3.63) is 0 Å². The molecule has 3 unspecified atom stereocenters. The lowest BCUT2D eigenvalue weighted by Gasteiger charge is -2.21. The van der Waals surface area contributed by atoms with Gasteiger partial charge in [-0.2, -0.15) is 0 Å². The summed E-state index contributed by atoms with van der Waals surface area (Å²) in [5, 5.41) is 10.6. The number of hydrogen-bond donors (Lipinski definition) is 3. The van der Waals surface area contributed by atoms with E-state index in [1.54, 1.807) is 0 Å². The molecule has 19 heteroatoms. The number of unbranched alkanes of at least 4 members (excludes halogenated alkanes) is 51. The first-order valence-electron chi connectivity index (χ1n) is 43.0. The second-order valence-electron chi connectivity index (χ2n) is 30.6. The first-order chi connectivity index (χ1) is 49.4. The van der Waals surface area contributed by atoms with Crippen LogP contribution in [-0.2, 0) is 65.4 Å². The summed E-state index contributed by atoms with van der Waals surface area (Å²) in [6.07, 6.45) is 65.3. The van der Waals surface area contributed by atoms with Gasteiger partial charge in [0.05, 0.1) is 26.4 Å². The monoisotopic (exact) mass is 1490 g/mol. The molecule has 0 aliphatic rings. The van der Waals surface area contributed by atoms with E-state index in [0.29, 0.717) is 25.7 Å². The van der Waals surface area contributed by atoms with Gasteiger partial charge in [0.25, 0.3) is 0 Å². The summed E-state index contributed by atoms with van der Waals surface area (Å²) in [6, 6.07) is 0. The lowest BCUT2D eigenvalue weighted by molar-refractivity contribution is -0.161. The highest BCUT2D eigenvalue weighted by Crippen LogP contribution is 2.45. The molecular weight excluding hydrogens is 1330 g/mol. The molecule has 0 rings (SSSR count). The second-order valence-corrected chi connectivity index (χ2v) is 33.5. The van der Waals surface area contributed by atoms with Crippen LogP contribution in [0.1, 0.15) is 440 Å². The minimum absolute atomic E-state index is 0.106. The van der Waals surface area contributed by atoms with Crippen LogP contribution in [0.3, 0.4) is 0 Å². The van der Waals surface area contributed by atoms with Gasteiger partial charge in [0.15, 0.2) is 12.2 Å². The van der Waals surface area contributed by atoms with Gasteiger partial charge in [0.1, 0.15) is 19.3 Å². The predicted octanol–water partition coefficient (Wildman–Crippen LogP) is 25.1. The zero-order valence-electron chi connectivity index (χ0n) is 66.9. The SMILES string of the molecule is CCCCCCCCCCCCCCCCCCCCCCCCC(=O)O[C@H](COC(=O)CCCCCCCCCCCCCCCCC(C)CC)COP(=O)(O)OC[C@@H](O)COP(=O)(O)OC[C@@H](COC(=O)CCCCCCCCCCC)OC(=O)CCCCCCCCCCCCC(C)C. The van der Waals surface area contributed by atoms with E-state index in [1.165, 1.54) is 257 Å². The molecule has 0 aromatic heterocycles. The van der Waals surface area contributed by atoms with Gasteiger partial charge in [0, 0.05) is 25.7 Å². The van der Waals surface area contributed by atoms with E-state index in [2.05, 4.69) is 41.5 Å². The Hall–Kier alpha value is -1.94. The number of aliphatic hydroxyl groups is 1. The summed E-state index contributed by atoms with van der Waals surface area (Å²) in [5.41, 5.74) is 0. The number of esters is 4. The number of aliphatic hydroxyl groups excluding tert-OH is 1. The third-order valence-electron chi connectivity index (χ3n) is 19.8. The quantitative estimate of drug-likeness (QED) is 0.0222. The van der Waals surface area contributed by atoms with Crippen molar-refractivity contribution in [3.8, 4) is 0 Å². The highest BCUT2D eigenvalue weighted by molar-refractivity contribution is 7.47. The highest BCUT2D eigenvalue weighted by atomic mass is 31.2. The molecule has 3 N–H and O–H groups in total. The third kappa shape index (κ3) is 74.9. The molecule has 0 fully saturated rings. The molecule has 0 aliphatic carbocycles. The lowest BCUT2D eigenvalue weighted by atomic mass is 9.99. The highest BCUT2D eigenvalue weighted by Gasteiger charge is 2.30. The van der Waals surface area contributed by atoms with Crippen LogP contribution < -0.4 is 0 Å². The average molecular weight is 1490 g/mol. The number of carbonyl (C=O) groups excluding carboxylic acids is 4. The molecule has 0 saturated heterocycles. The van der Waals surface area contributed by atoms with Gasteiger partial charge in [-0.1, -0.05) is 388 Å². The molecule has 0 radical (unpaired) electrons. The zero-order valence-corrected chi connectivity index (χ0v) is 68.7. The van der Waals surface area contributed by atoms with E-state index in [1.807, 2.05) is 0 Å². The summed E-state index contributed by atoms with van der Waals surface area (Å²) in [7, 11) is -9.92. The minimum Gasteiger partial charge on any atom is -0.462 e. The van der Waals surface area contributed by atoms with Gasteiger partial charge in [-0.25, -0.2) is 9.13 Å².